The first-order valence-electron chi connectivity index (χ1n) is 11.0. The molecule has 3 aliphatic rings. The molecule has 2 heterocycles. The number of anilines is 1. The summed E-state index contributed by atoms with van der Waals surface area (Å²) in [6, 6.07) is 4.71. The minimum Gasteiger partial charge on any atom is -0.353 e. The zero-order valence-corrected chi connectivity index (χ0v) is 18.2. The molecule has 0 radical (unpaired) electrons. The van der Waals surface area contributed by atoms with Gasteiger partial charge in [-0.1, -0.05) is 36.0 Å². The Balaban J connectivity index is 1.34. The lowest BCUT2D eigenvalue weighted by atomic mass is 9.92. The van der Waals surface area contributed by atoms with Gasteiger partial charge in [0.15, 0.2) is 0 Å². The Labute approximate surface area is 181 Å². The maximum atomic E-state index is 12.7. The summed E-state index contributed by atoms with van der Waals surface area (Å²) >= 11 is 12.6. The van der Waals surface area contributed by atoms with Crippen molar-refractivity contribution in [2.24, 2.45) is 5.92 Å². The molecule has 1 aromatic heterocycles. The molecule has 2 aliphatic carbocycles. The van der Waals surface area contributed by atoms with Gasteiger partial charge in [0, 0.05) is 31.1 Å². The van der Waals surface area contributed by atoms with Gasteiger partial charge in [0.05, 0.1) is 21.1 Å². The molecule has 0 bridgehead atoms. The van der Waals surface area contributed by atoms with E-state index in [9.17, 15) is 4.79 Å². The molecule has 7 heteroatoms. The Morgan fingerprint density at radius 1 is 0.966 bits per heavy atom. The molecule has 5 rings (SSSR count). The molecule has 5 nitrogen and oxygen atoms in total. The van der Waals surface area contributed by atoms with E-state index < -0.39 is 0 Å². The van der Waals surface area contributed by atoms with Gasteiger partial charge in [-0.3, -0.25) is 4.79 Å². The summed E-state index contributed by atoms with van der Waals surface area (Å²) in [6.45, 7) is 1.72. The Morgan fingerprint density at radius 3 is 2.31 bits per heavy atom. The van der Waals surface area contributed by atoms with E-state index in [1.165, 1.54) is 32.1 Å². The number of carbonyl (C=O) groups excluding carboxylic acids is 1. The van der Waals surface area contributed by atoms with Crippen molar-refractivity contribution in [3.63, 3.8) is 0 Å². The molecule has 0 atom stereocenters. The molecule has 1 saturated heterocycles. The molecule has 1 aliphatic heterocycles. The Hall–Kier alpha value is -1.46. The van der Waals surface area contributed by atoms with E-state index in [2.05, 4.69) is 14.8 Å². The lowest BCUT2D eigenvalue weighted by Crippen LogP contribution is -2.44. The highest BCUT2D eigenvalue weighted by Crippen LogP contribution is 2.40. The summed E-state index contributed by atoms with van der Waals surface area (Å²) in [6.07, 6.45) is 10.2. The minimum atomic E-state index is 0.122. The van der Waals surface area contributed by atoms with Crippen molar-refractivity contribution in [2.45, 2.75) is 69.9 Å². The normalized spacial score (nSPS) is 21.7. The molecule has 0 unspecified atom stereocenters. The first-order chi connectivity index (χ1) is 14.1. The number of rotatable bonds is 4. The molecule has 3 fully saturated rings. The number of carbonyl (C=O) groups is 1. The lowest BCUT2D eigenvalue weighted by molar-refractivity contribution is -0.126. The minimum absolute atomic E-state index is 0.122. The summed E-state index contributed by atoms with van der Waals surface area (Å²) in [5.41, 5.74) is 1.97. The molecular weight excluding hydrogens is 407 g/mol. The van der Waals surface area contributed by atoms with Gasteiger partial charge in [-0.2, -0.15) is 0 Å². The van der Waals surface area contributed by atoms with Crippen LogP contribution in [0.15, 0.2) is 12.1 Å². The second kappa shape index (κ2) is 7.99. The number of halogens is 2. The van der Waals surface area contributed by atoms with Crippen LogP contribution in [0.2, 0.25) is 10.0 Å². The summed E-state index contributed by atoms with van der Waals surface area (Å²) in [4.78, 5) is 20.0. The van der Waals surface area contributed by atoms with E-state index in [-0.39, 0.29) is 11.8 Å². The number of hydrogen-bond acceptors (Lipinski definition) is 3. The van der Waals surface area contributed by atoms with Crippen LogP contribution in [-0.2, 0) is 4.79 Å². The zero-order valence-electron chi connectivity index (χ0n) is 16.7. The third-order valence-electron chi connectivity index (χ3n) is 7.00. The van der Waals surface area contributed by atoms with Gasteiger partial charge in [-0.25, -0.2) is 4.98 Å². The van der Waals surface area contributed by atoms with Crippen LogP contribution < -0.4 is 10.2 Å². The van der Waals surface area contributed by atoms with Crippen LogP contribution in [0.5, 0.6) is 0 Å². The van der Waals surface area contributed by atoms with Gasteiger partial charge in [-0.15, -0.1) is 0 Å². The van der Waals surface area contributed by atoms with Crippen molar-refractivity contribution in [1.82, 2.24) is 14.9 Å². The molecule has 1 N–H and O–H groups in total. The van der Waals surface area contributed by atoms with Crippen LogP contribution in [-0.4, -0.2) is 34.6 Å². The monoisotopic (exact) mass is 434 g/mol. The second-order valence-electron chi connectivity index (χ2n) is 8.87. The number of aromatic nitrogens is 2. The fourth-order valence-corrected chi connectivity index (χ4v) is 5.35. The molecule has 2 aromatic rings. The first-order valence-corrected chi connectivity index (χ1v) is 11.8. The van der Waals surface area contributed by atoms with Crippen LogP contribution in [0, 0.1) is 5.92 Å². The van der Waals surface area contributed by atoms with Crippen molar-refractivity contribution in [3.8, 4) is 0 Å². The van der Waals surface area contributed by atoms with Gasteiger partial charge >= 0.3 is 0 Å². The highest BCUT2D eigenvalue weighted by molar-refractivity contribution is 6.42. The van der Waals surface area contributed by atoms with Crippen LogP contribution in [0.4, 0.5) is 5.95 Å². The standard InChI is InChI=1S/C22H28Cl2N4O/c23-17-12-19-20(13-18(17)24)28(16-6-3-7-16)22(26-19)27-10-8-14(9-11-27)21(29)25-15-4-1-2-5-15/h12-16H,1-11H2,(H,25,29). The van der Waals surface area contributed by atoms with Crippen molar-refractivity contribution in [2.75, 3.05) is 18.0 Å². The fraction of sp³-hybridized carbons (Fsp3) is 0.636. The van der Waals surface area contributed by atoms with Gasteiger partial charge in [-0.05, 0) is 57.1 Å². The van der Waals surface area contributed by atoms with Gasteiger partial charge < -0.3 is 14.8 Å². The Morgan fingerprint density at radius 2 is 1.66 bits per heavy atom. The molecule has 1 amide bonds. The SMILES string of the molecule is O=C(NC1CCCC1)C1CCN(c2nc3cc(Cl)c(Cl)cc3n2C2CCC2)CC1. The van der Waals surface area contributed by atoms with Crippen molar-refractivity contribution < 1.29 is 4.79 Å². The summed E-state index contributed by atoms with van der Waals surface area (Å²) < 4.78 is 2.36. The van der Waals surface area contributed by atoms with Crippen LogP contribution in [0.1, 0.15) is 63.8 Å². The highest BCUT2D eigenvalue weighted by Gasteiger charge is 2.32. The maximum Gasteiger partial charge on any atom is 0.223 e. The summed E-state index contributed by atoms with van der Waals surface area (Å²) in [5.74, 6) is 1.39. The highest BCUT2D eigenvalue weighted by atomic mass is 35.5. The Kier molecular flexibility index (Phi) is 5.37. The number of amides is 1. The van der Waals surface area contributed by atoms with E-state index in [4.69, 9.17) is 28.2 Å². The van der Waals surface area contributed by atoms with Gasteiger partial charge in [0.25, 0.3) is 0 Å². The zero-order chi connectivity index (χ0) is 20.0. The third-order valence-corrected chi connectivity index (χ3v) is 7.73. The predicted octanol–water partition coefficient (Wildman–Crippen LogP) is 5.34. The number of fused-ring (bicyclic) bond motifs is 1. The fourth-order valence-electron chi connectivity index (χ4n) is 5.04. The number of hydrogen-bond donors (Lipinski definition) is 1. The van der Waals surface area contributed by atoms with E-state index in [0.29, 0.717) is 22.1 Å². The average Bonchev–Trinajstić information content (AvgIpc) is 3.30. The first kappa shape index (κ1) is 19.5. The smallest absolute Gasteiger partial charge is 0.223 e. The molecular formula is C22H28Cl2N4O. The van der Waals surface area contributed by atoms with E-state index in [1.54, 1.807) is 0 Å². The van der Waals surface area contributed by atoms with Gasteiger partial charge in [0.2, 0.25) is 11.9 Å². The van der Waals surface area contributed by atoms with Crippen LogP contribution in [0.25, 0.3) is 11.0 Å². The van der Waals surface area contributed by atoms with Crippen molar-refractivity contribution >= 4 is 46.1 Å². The maximum absolute atomic E-state index is 12.7. The summed E-state index contributed by atoms with van der Waals surface area (Å²) in [7, 11) is 0. The molecule has 0 spiro atoms. The largest absolute Gasteiger partial charge is 0.353 e. The topological polar surface area (TPSA) is 50.2 Å². The van der Waals surface area contributed by atoms with E-state index >= 15 is 0 Å². The number of benzene rings is 1. The number of imidazole rings is 1. The summed E-state index contributed by atoms with van der Waals surface area (Å²) in [5, 5.41) is 4.40. The number of nitrogens with one attached hydrogen (secondary N) is 1. The van der Waals surface area contributed by atoms with Crippen LogP contribution in [0.3, 0.4) is 0 Å². The average molecular weight is 435 g/mol. The Bertz CT molecular complexity index is 909. The van der Waals surface area contributed by atoms with E-state index in [1.807, 2.05) is 12.1 Å². The lowest BCUT2D eigenvalue weighted by Gasteiger charge is -2.36. The molecule has 1 aromatic carbocycles. The van der Waals surface area contributed by atoms with Gasteiger partial charge in [0.1, 0.15) is 0 Å². The van der Waals surface area contributed by atoms with Crippen molar-refractivity contribution in [3.05, 3.63) is 22.2 Å². The molecule has 2 saturated carbocycles. The number of nitrogens with zero attached hydrogens (tertiary/aromatic N) is 3. The van der Waals surface area contributed by atoms with E-state index in [0.717, 1.165) is 55.8 Å². The number of piperidine rings is 1. The predicted molar refractivity (Wildman–Crippen MR) is 118 cm³/mol. The van der Waals surface area contributed by atoms with Crippen LogP contribution >= 0.6 is 23.2 Å². The molecule has 29 heavy (non-hydrogen) atoms. The second-order valence-corrected chi connectivity index (χ2v) is 9.69. The third kappa shape index (κ3) is 3.72. The van der Waals surface area contributed by atoms with Crippen molar-refractivity contribution in [1.29, 1.82) is 0 Å². The quantitative estimate of drug-likeness (QED) is 0.705. The molecule has 156 valence electrons.